The topological polar surface area (TPSA) is 125 Å². The predicted octanol–water partition coefficient (Wildman–Crippen LogP) is 5.78. The number of amides is 2. The molecule has 0 saturated carbocycles. The van der Waals surface area contributed by atoms with Gasteiger partial charge in [0, 0.05) is 12.1 Å². The minimum absolute atomic E-state index is 0.0372. The Bertz CT molecular complexity index is 1370. The lowest BCUT2D eigenvalue weighted by molar-refractivity contribution is -0.384. The molecule has 1 atom stereocenters. The molecule has 1 aliphatic heterocycles. The second-order valence-electron chi connectivity index (χ2n) is 8.40. The molecule has 1 N–H and O–H groups in total. The second-order valence-corrected chi connectivity index (χ2v) is 9.58. The van der Waals surface area contributed by atoms with Crippen LogP contribution in [0.3, 0.4) is 0 Å². The molecule has 0 aromatic heterocycles. The lowest BCUT2D eigenvalue weighted by Gasteiger charge is -2.11. The summed E-state index contributed by atoms with van der Waals surface area (Å²) < 4.78 is 11.3. The lowest BCUT2D eigenvalue weighted by Crippen LogP contribution is -2.25. The van der Waals surface area contributed by atoms with Crippen LogP contribution in [0.2, 0.25) is 0 Å². The van der Waals surface area contributed by atoms with Gasteiger partial charge in [-0.05, 0) is 72.0 Å². The zero-order valence-electron chi connectivity index (χ0n) is 20.4. The smallest absolute Gasteiger partial charge is 0.338 e. The number of esters is 1. The molecule has 1 unspecified atom stereocenters. The van der Waals surface area contributed by atoms with Crippen LogP contribution in [0, 0.1) is 10.1 Å². The monoisotopic (exact) mass is 532 g/mol. The number of rotatable bonds is 10. The van der Waals surface area contributed by atoms with E-state index in [1.54, 1.807) is 54.6 Å². The van der Waals surface area contributed by atoms with Crippen LogP contribution in [0.4, 0.5) is 10.5 Å². The third-order valence-corrected chi connectivity index (χ3v) is 6.57. The summed E-state index contributed by atoms with van der Waals surface area (Å²) in [5.74, 6) is 0.366. The van der Waals surface area contributed by atoms with Gasteiger partial charge in [0.1, 0.15) is 11.5 Å². The minimum Gasteiger partial charge on any atom is -0.462 e. The molecule has 1 fully saturated rings. The highest BCUT2D eigenvalue weighted by Crippen LogP contribution is 2.28. The number of hydrogen-bond donors (Lipinski definition) is 1. The van der Waals surface area contributed by atoms with E-state index in [9.17, 15) is 24.5 Å². The van der Waals surface area contributed by atoms with E-state index < -0.39 is 16.1 Å². The largest absolute Gasteiger partial charge is 0.462 e. The average molecular weight is 533 g/mol. The van der Waals surface area contributed by atoms with Crippen LogP contribution >= 0.6 is 11.8 Å². The van der Waals surface area contributed by atoms with Crippen LogP contribution in [0.1, 0.15) is 30.0 Å². The van der Waals surface area contributed by atoms with E-state index in [4.69, 9.17) is 9.47 Å². The van der Waals surface area contributed by atoms with E-state index >= 15 is 0 Å². The summed E-state index contributed by atoms with van der Waals surface area (Å²) in [5, 5.41) is 12.5. The molecule has 3 aromatic rings. The van der Waals surface area contributed by atoms with Crippen LogP contribution < -0.4 is 10.1 Å². The van der Waals surface area contributed by atoms with E-state index in [0.29, 0.717) is 41.0 Å². The molecule has 0 radical (unpaired) electrons. The Balaban J connectivity index is 1.47. The molecule has 0 bridgehead atoms. The fraction of sp³-hybridized carbons (Fsp3) is 0.179. The summed E-state index contributed by atoms with van der Waals surface area (Å²) in [6.07, 6.45) is 2.74. The lowest BCUT2D eigenvalue weighted by atomic mass is 10.0. The Morgan fingerprint density at radius 3 is 2.18 bits per heavy atom. The van der Waals surface area contributed by atoms with Crippen molar-refractivity contribution < 1.29 is 28.8 Å². The molecule has 9 nitrogen and oxygen atoms in total. The van der Waals surface area contributed by atoms with Crippen molar-refractivity contribution in [2.75, 3.05) is 6.61 Å². The number of thioether (sulfide) groups is 1. The zero-order chi connectivity index (χ0) is 27.1. The van der Waals surface area contributed by atoms with Gasteiger partial charge in [-0.25, -0.2) is 4.79 Å². The van der Waals surface area contributed by atoms with Gasteiger partial charge >= 0.3 is 5.97 Å². The molecule has 1 heterocycles. The third kappa shape index (κ3) is 6.86. The van der Waals surface area contributed by atoms with Gasteiger partial charge in [0.2, 0.25) is 5.91 Å². The molecular weight excluding hydrogens is 508 g/mol. The molecule has 10 heteroatoms. The Morgan fingerprint density at radius 2 is 1.63 bits per heavy atom. The van der Waals surface area contributed by atoms with Crippen LogP contribution in [-0.4, -0.2) is 33.9 Å². The second kappa shape index (κ2) is 12.2. The number of nitro benzene ring substituents is 1. The van der Waals surface area contributed by atoms with E-state index in [2.05, 4.69) is 5.32 Å². The first kappa shape index (κ1) is 26.6. The number of nitrogens with zero attached hydrogens (tertiary/aromatic N) is 1. The number of nitrogens with one attached hydrogen (secondary N) is 1. The quantitative estimate of drug-likeness (QED) is 0.115. The van der Waals surface area contributed by atoms with Gasteiger partial charge in [-0.3, -0.25) is 25.0 Å². The summed E-state index contributed by atoms with van der Waals surface area (Å²) in [6.45, 7) is 2.17. The first-order valence-corrected chi connectivity index (χ1v) is 12.7. The molecule has 1 saturated heterocycles. The van der Waals surface area contributed by atoms with E-state index in [-0.39, 0.29) is 23.4 Å². The number of carbonyl (C=O) groups excluding carboxylic acids is 3. The summed E-state index contributed by atoms with van der Waals surface area (Å²) in [7, 11) is 0. The highest BCUT2D eigenvalue weighted by molar-refractivity contribution is 8.15. The van der Waals surface area contributed by atoms with Gasteiger partial charge in [-0.1, -0.05) is 43.0 Å². The SMILES string of the molecule is CCCOC(=O)/C(=C/c1ccc([N+](=O)[O-])cc1)c1ccc(Oc2ccc(CC3SC(=O)NC3=O)cc2)cc1. The van der Waals surface area contributed by atoms with Gasteiger partial charge < -0.3 is 9.47 Å². The van der Waals surface area contributed by atoms with E-state index in [1.165, 1.54) is 12.1 Å². The fourth-order valence-electron chi connectivity index (χ4n) is 3.67. The molecule has 2 amide bonds. The van der Waals surface area contributed by atoms with Crippen LogP contribution in [0.15, 0.2) is 72.8 Å². The maximum Gasteiger partial charge on any atom is 0.338 e. The Labute approximate surface area is 223 Å². The van der Waals surface area contributed by atoms with E-state index in [1.807, 2.05) is 19.1 Å². The third-order valence-electron chi connectivity index (χ3n) is 5.58. The standard InChI is InChI=1S/C28H24N2O7S/c1-2-15-36-27(32)24(16-18-3-9-21(10-4-18)30(34)35)20-7-13-23(14-8-20)37-22-11-5-19(6-12-22)17-25-26(31)29-28(33)38-25/h3-14,16,25H,2,15,17H2,1H3,(H,29,31,33)/b24-16+. The van der Waals surface area contributed by atoms with Crippen molar-refractivity contribution in [2.45, 2.75) is 25.0 Å². The number of imide groups is 1. The van der Waals surface area contributed by atoms with Crippen molar-refractivity contribution in [3.8, 4) is 11.5 Å². The number of ether oxygens (including phenoxy) is 2. The van der Waals surface area contributed by atoms with E-state index in [0.717, 1.165) is 17.3 Å². The molecule has 4 rings (SSSR count). The van der Waals surface area contributed by atoms with Gasteiger partial charge in [0.15, 0.2) is 0 Å². The first-order valence-electron chi connectivity index (χ1n) is 11.8. The Morgan fingerprint density at radius 1 is 1.00 bits per heavy atom. The maximum atomic E-state index is 12.8. The summed E-state index contributed by atoms with van der Waals surface area (Å²) in [5.41, 5.74) is 2.41. The van der Waals surface area contributed by atoms with Crippen molar-refractivity contribution in [3.63, 3.8) is 0 Å². The van der Waals surface area contributed by atoms with Crippen molar-refractivity contribution in [1.82, 2.24) is 5.32 Å². The molecule has 1 aliphatic rings. The normalized spacial score (nSPS) is 15.2. The molecule has 38 heavy (non-hydrogen) atoms. The van der Waals surface area contributed by atoms with Gasteiger partial charge in [-0.2, -0.15) is 0 Å². The highest BCUT2D eigenvalue weighted by Gasteiger charge is 2.31. The van der Waals surface area contributed by atoms with Gasteiger partial charge in [0.05, 0.1) is 22.4 Å². The maximum absolute atomic E-state index is 12.8. The number of benzene rings is 3. The first-order chi connectivity index (χ1) is 18.3. The number of nitro groups is 1. The van der Waals surface area contributed by atoms with Gasteiger partial charge in [0.25, 0.3) is 10.9 Å². The predicted molar refractivity (Wildman–Crippen MR) is 144 cm³/mol. The molecular formula is C28H24N2O7S. The highest BCUT2D eigenvalue weighted by atomic mass is 32.2. The fourth-order valence-corrected chi connectivity index (χ4v) is 4.53. The van der Waals surface area contributed by atoms with Crippen LogP contribution in [0.5, 0.6) is 11.5 Å². The van der Waals surface area contributed by atoms with Crippen LogP contribution in [0.25, 0.3) is 11.6 Å². The Hall–Kier alpha value is -4.44. The summed E-state index contributed by atoms with van der Waals surface area (Å²) >= 11 is 0.992. The summed E-state index contributed by atoms with van der Waals surface area (Å²) in [6, 6.07) is 20.1. The van der Waals surface area contributed by atoms with Crippen molar-refractivity contribution >= 4 is 46.2 Å². The molecule has 194 valence electrons. The van der Waals surface area contributed by atoms with Crippen LogP contribution in [-0.2, 0) is 20.7 Å². The van der Waals surface area contributed by atoms with Crippen molar-refractivity contribution in [1.29, 1.82) is 0 Å². The average Bonchev–Trinajstić information content (AvgIpc) is 3.23. The zero-order valence-corrected chi connectivity index (χ0v) is 21.2. The minimum atomic E-state index is -0.495. The molecule has 3 aromatic carbocycles. The van der Waals surface area contributed by atoms with Crippen molar-refractivity contribution in [3.05, 3.63) is 99.6 Å². The molecule has 0 aliphatic carbocycles. The number of hydrogen-bond acceptors (Lipinski definition) is 8. The summed E-state index contributed by atoms with van der Waals surface area (Å²) in [4.78, 5) is 46.3. The Kier molecular flexibility index (Phi) is 8.55. The molecule has 0 spiro atoms. The number of non-ortho nitro benzene ring substituents is 1. The van der Waals surface area contributed by atoms with Crippen molar-refractivity contribution in [2.24, 2.45) is 0 Å². The number of carbonyl (C=O) groups is 3. The van der Waals surface area contributed by atoms with Gasteiger partial charge in [-0.15, -0.1) is 0 Å².